The molecule has 5 heteroatoms. The van der Waals surface area contributed by atoms with Crippen LogP contribution in [0.5, 0.6) is 0 Å². The van der Waals surface area contributed by atoms with Crippen LogP contribution in [0.4, 0.5) is 0 Å². The summed E-state index contributed by atoms with van der Waals surface area (Å²) >= 11 is 0. The lowest BCUT2D eigenvalue weighted by Gasteiger charge is -2.23. The Labute approximate surface area is 122 Å². The first-order chi connectivity index (χ1) is 9.74. The van der Waals surface area contributed by atoms with Crippen LogP contribution in [-0.2, 0) is 4.74 Å². The van der Waals surface area contributed by atoms with Crippen LogP contribution in [0.3, 0.4) is 0 Å². The van der Waals surface area contributed by atoms with Gasteiger partial charge in [-0.05, 0) is 52.1 Å². The van der Waals surface area contributed by atoms with Gasteiger partial charge in [-0.3, -0.25) is 4.99 Å². The van der Waals surface area contributed by atoms with E-state index in [9.17, 15) is 0 Å². The second kappa shape index (κ2) is 6.31. The molecule has 0 saturated carbocycles. The third-order valence-corrected chi connectivity index (χ3v) is 4.77. The summed E-state index contributed by atoms with van der Waals surface area (Å²) in [6.07, 6.45) is 5.75. The molecule has 2 bridgehead atoms. The molecule has 5 nitrogen and oxygen atoms in total. The van der Waals surface area contributed by atoms with Crippen molar-refractivity contribution in [1.29, 1.82) is 0 Å². The Morgan fingerprint density at radius 1 is 1.35 bits per heavy atom. The van der Waals surface area contributed by atoms with Crippen molar-refractivity contribution >= 4 is 5.96 Å². The second-order valence-corrected chi connectivity index (χ2v) is 6.50. The van der Waals surface area contributed by atoms with Crippen LogP contribution in [0.2, 0.25) is 0 Å². The standard InChI is InChI=1S/C15H28N4O/c1-3-16-15(17-9-11-6-7-19(2)10-11)18-13-8-12-4-5-14(13)20-12/h11-14H,3-10H2,1-2H3,(H2,16,17,18). The first kappa shape index (κ1) is 14.1. The Bertz CT molecular complexity index is 360. The van der Waals surface area contributed by atoms with Gasteiger partial charge < -0.3 is 20.3 Å². The summed E-state index contributed by atoms with van der Waals surface area (Å²) in [6.45, 7) is 6.36. The molecule has 0 radical (unpaired) electrons. The summed E-state index contributed by atoms with van der Waals surface area (Å²) in [5.41, 5.74) is 0. The molecule has 3 heterocycles. The van der Waals surface area contributed by atoms with Crippen LogP contribution < -0.4 is 10.6 Å². The molecule has 0 aromatic rings. The molecule has 4 unspecified atom stereocenters. The summed E-state index contributed by atoms with van der Waals surface area (Å²) in [5, 5.41) is 6.96. The van der Waals surface area contributed by atoms with E-state index in [0.29, 0.717) is 24.2 Å². The van der Waals surface area contributed by atoms with Crippen LogP contribution in [0, 0.1) is 5.92 Å². The van der Waals surface area contributed by atoms with Crippen molar-refractivity contribution < 1.29 is 4.74 Å². The number of ether oxygens (including phenoxy) is 1. The van der Waals surface area contributed by atoms with E-state index in [-0.39, 0.29) is 0 Å². The zero-order valence-electron chi connectivity index (χ0n) is 12.8. The fourth-order valence-electron chi connectivity index (χ4n) is 3.68. The molecule has 2 N–H and O–H groups in total. The molecule has 3 aliphatic rings. The predicted molar refractivity (Wildman–Crippen MR) is 81.0 cm³/mol. The first-order valence-corrected chi connectivity index (χ1v) is 8.13. The number of nitrogens with zero attached hydrogens (tertiary/aromatic N) is 2. The van der Waals surface area contributed by atoms with E-state index >= 15 is 0 Å². The van der Waals surface area contributed by atoms with Crippen molar-refractivity contribution in [3.63, 3.8) is 0 Å². The van der Waals surface area contributed by atoms with Crippen LogP contribution in [-0.4, -0.2) is 62.3 Å². The molecule has 3 fully saturated rings. The van der Waals surface area contributed by atoms with Crippen molar-refractivity contribution in [3.05, 3.63) is 0 Å². The highest BCUT2D eigenvalue weighted by molar-refractivity contribution is 5.80. The Balaban J connectivity index is 1.52. The maximum atomic E-state index is 5.90. The Morgan fingerprint density at radius 3 is 2.85 bits per heavy atom. The van der Waals surface area contributed by atoms with Crippen molar-refractivity contribution in [2.75, 3.05) is 33.2 Å². The maximum Gasteiger partial charge on any atom is 0.191 e. The van der Waals surface area contributed by atoms with Crippen molar-refractivity contribution in [1.82, 2.24) is 15.5 Å². The summed E-state index contributed by atoms with van der Waals surface area (Å²) < 4.78 is 5.90. The van der Waals surface area contributed by atoms with Gasteiger partial charge in [0.1, 0.15) is 0 Å². The monoisotopic (exact) mass is 280 g/mol. The lowest BCUT2D eigenvalue weighted by Crippen LogP contribution is -2.47. The fourth-order valence-corrected chi connectivity index (χ4v) is 3.68. The number of likely N-dealkylation sites (tertiary alicyclic amines) is 1. The largest absolute Gasteiger partial charge is 0.373 e. The molecule has 114 valence electrons. The van der Waals surface area contributed by atoms with Gasteiger partial charge in [-0.1, -0.05) is 0 Å². The smallest absolute Gasteiger partial charge is 0.191 e. The van der Waals surface area contributed by atoms with Crippen LogP contribution in [0.15, 0.2) is 4.99 Å². The zero-order chi connectivity index (χ0) is 13.9. The molecule has 4 atom stereocenters. The number of guanidine groups is 1. The minimum Gasteiger partial charge on any atom is -0.373 e. The molecule has 20 heavy (non-hydrogen) atoms. The molecular formula is C15H28N4O. The van der Waals surface area contributed by atoms with E-state index in [2.05, 4.69) is 29.5 Å². The normalized spacial score (nSPS) is 37.6. The van der Waals surface area contributed by atoms with Crippen LogP contribution >= 0.6 is 0 Å². The van der Waals surface area contributed by atoms with Gasteiger partial charge in [0.05, 0.1) is 18.2 Å². The third kappa shape index (κ3) is 3.26. The van der Waals surface area contributed by atoms with Gasteiger partial charge in [0.2, 0.25) is 0 Å². The van der Waals surface area contributed by atoms with Crippen molar-refractivity contribution in [2.24, 2.45) is 10.9 Å². The average molecular weight is 280 g/mol. The van der Waals surface area contributed by atoms with Crippen LogP contribution in [0.25, 0.3) is 0 Å². The predicted octanol–water partition coefficient (Wildman–Crippen LogP) is 0.813. The average Bonchev–Trinajstić information content (AvgIpc) is 3.13. The highest BCUT2D eigenvalue weighted by atomic mass is 16.5. The Morgan fingerprint density at radius 2 is 2.25 bits per heavy atom. The number of nitrogens with one attached hydrogen (secondary N) is 2. The quantitative estimate of drug-likeness (QED) is 0.591. The minimum atomic E-state index is 0.404. The molecule has 0 spiro atoms. The summed E-state index contributed by atoms with van der Waals surface area (Å²) in [7, 11) is 2.19. The molecule has 0 aromatic heterocycles. The van der Waals surface area contributed by atoms with E-state index in [4.69, 9.17) is 9.73 Å². The molecule has 0 amide bonds. The molecule has 0 aromatic carbocycles. The Hall–Kier alpha value is -0.810. The van der Waals surface area contributed by atoms with Gasteiger partial charge in [0.15, 0.2) is 5.96 Å². The van der Waals surface area contributed by atoms with E-state index in [1.165, 1.54) is 32.4 Å². The molecule has 3 aliphatic heterocycles. The lowest BCUT2D eigenvalue weighted by atomic mass is 9.96. The number of rotatable bonds is 4. The van der Waals surface area contributed by atoms with Crippen molar-refractivity contribution in [2.45, 2.75) is 50.9 Å². The number of fused-ring (bicyclic) bond motifs is 2. The van der Waals surface area contributed by atoms with Gasteiger partial charge in [-0.25, -0.2) is 0 Å². The zero-order valence-corrected chi connectivity index (χ0v) is 12.8. The fraction of sp³-hybridized carbons (Fsp3) is 0.933. The highest BCUT2D eigenvalue weighted by Gasteiger charge is 2.41. The highest BCUT2D eigenvalue weighted by Crippen LogP contribution is 2.34. The molecule has 3 rings (SSSR count). The van der Waals surface area contributed by atoms with Crippen LogP contribution in [0.1, 0.15) is 32.6 Å². The van der Waals surface area contributed by atoms with E-state index < -0.39 is 0 Å². The number of aliphatic imine (C=N–C) groups is 1. The third-order valence-electron chi connectivity index (χ3n) is 4.77. The SMILES string of the molecule is CCNC(=NCC1CCN(C)C1)NC1CC2CCC1O2. The summed E-state index contributed by atoms with van der Waals surface area (Å²) in [5.74, 6) is 1.69. The van der Waals surface area contributed by atoms with E-state index in [0.717, 1.165) is 25.5 Å². The van der Waals surface area contributed by atoms with Gasteiger partial charge in [0, 0.05) is 19.6 Å². The van der Waals surface area contributed by atoms with E-state index in [1.54, 1.807) is 0 Å². The summed E-state index contributed by atoms with van der Waals surface area (Å²) in [6, 6.07) is 0.456. The molecule has 3 saturated heterocycles. The van der Waals surface area contributed by atoms with E-state index in [1.807, 2.05) is 0 Å². The van der Waals surface area contributed by atoms with Gasteiger partial charge in [-0.2, -0.15) is 0 Å². The minimum absolute atomic E-state index is 0.404. The topological polar surface area (TPSA) is 48.9 Å². The molecule has 0 aliphatic carbocycles. The van der Waals surface area contributed by atoms with Gasteiger partial charge in [-0.15, -0.1) is 0 Å². The van der Waals surface area contributed by atoms with Gasteiger partial charge >= 0.3 is 0 Å². The summed E-state index contributed by atoms with van der Waals surface area (Å²) in [4.78, 5) is 7.18. The second-order valence-electron chi connectivity index (χ2n) is 6.50. The maximum absolute atomic E-state index is 5.90. The lowest BCUT2D eigenvalue weighted by molar-refractivity contribution is 0.0992. The first-order valence-electron chi connectivity index (χ1n) is 8.13. The van der Waals surface area contributed by atoms with Crippen molar-refractivity contribution in [3.8, 4) is 0 Å². The number of hydrogen-bond acceptors (Lipinski definition) is 3. The number of hydrogen-bond donors (Lipinski definition) is 2. The molecular weight excluding hydrogens is 252 g/mol. The Kier molecular flexibility index (Phi) is 4.46. The van der Waals surface area contributed by atoms with Gasteiger partial charge in [0.25, 0.3) is 0 Å².